The molecule has 0 atom stereocenters. The van der Waals surface area contributed by atoms with Gasteiger partial charge in [-0.05, 0) is 15.9 Å². The average molecular weight is 229 g/mol. The van der Waals surface area contributed by atoms with E-state index >= 15 is 0 Å². The maximum Gasteiger partial charge on any atom is 0.330 e. The monoisotopic (exact) mass is 228 g/mol. The molecular formula is C6H7BrF2O2. The topological polar surface area (TPSA) is 26.3 Å². The zero-order valence-electron chi connectivity index (χ0n) is 5.81. The number of carbonyl (C=O) groups excluding carboxylic acids is 1. The summed E-state index contributed by atoms with van der Waals surface area (Å²) >= 11 is 2.11. The molecule has 0 unspecified atom stereocenters. The molecule has 0 amide bonds. The summed E-state index contributed by atoms with van der Waals surface area (Å²) in [6, 6.07) is 0. The van der Waals surface area contributed by atoms with Crippen LogP contribution >= 0.6 is 15.9 Å². The van der Waals surface area contributed by atoms with Gasteiger partial charge in [-0.25, -0.2) is 4.79 Å². The van der Waals surface area contributed by atoms with Crippen molar-refractivity contribution in [2.24, 2.45) is 0 Å². The lowest BCUT2D eigenvalue weighted by Crippen LogP contribution is -2.02. The number of rotatable bonds is 3. The summed E-state index contributed by atoms with van der Waals surface area (Å²) in [6.07, 6.45) is 1.47. The molecule has 0 aliphatic heterocycles. The van der Waals surface area contributed by atoms with E-state index < -0.39 is 17.2 Å². The zero-order chi connectivity index (χ0) is 8.91. The van der Waals surface area contributed by atoms with Crippen LogP contribution in [0.5, 0.6) is 0 Å². The lowest BCUT2D eigenvalue weighted by molar-refractivity contribution is -0.134. The minimum absolute atomic E-state index is 0.526. The number of hydrogen-bond donors (Lipinski definition) is 0. The van der Waals surface area contributed by atoms with E-state index in [0.717, 1.165) is 12.2 Å². The van der Waals surface area contributed by atoms with Crippen molar-refractivity contribution in [3.05, 3.63) is 12.2 Å². The van der Waals surface area contributed by atoms with E-state index in [1.807, 2.05) is 0 Å². The lowest BCUT2D eigenvalue weighted by atomic mass is 10.4. The lowest BCUT2D eigenvalue weighted by Gasteiger charge is -2.01. The highest BCUT2D eigenvalue weighted by molar-refractivity contribution is 9.10. The standard InChI is InChI=1S/C6H7BrF2O2/c1-11-5(10)3-2-4-6(7,8)9/h2-3H,4H2,1H3/b3-2+. The van der Waals surface area contributed by atoms with Gasteiger partial charge in [0.15, 0.2) is 0 Å². The number of halogens is 3. The van der Waals surface area contributed by atoms with E-state index in [1.165, 1.54) is 7.11 Å². The van der Waals surface area contributed by atoms with Crippen molar-refractivity contribution >= 4 is 21.9 Å². The van der Waals surface area contributed by atoms with E-state index in [9.17, 15) is 13.6 Å². The molecule has 5 heteroatoms. The molecule has 0 bridgehead atoms. The van der Waals surface area contributed by atoms with E-state index in [-0.39, 0.29) is 0 Å². The predicted octanol–water partition coefficient (Wildman–Crippen LogP) is 2.09. The van der Waals surface area contributed by atoms with Crippen LogP contribution in [0.25, 0.3) is 0 Å². The molecule has 11 heavy (non-hydrogen) atoms. The van der Waals surface area contributed by atoms with Gasteiger partial charge in [0.2, 0.25) is 0 Å². The molecule has 0 heterocycles. The van der Waals surface area contributed by atoms with Crippen LogP contribution in [0, 0.1) is 0 Å². The van der Waals surface area contributed by atoms with Gasteiger partial charge >= 0.3 is 10.8 Å². The fraction of sp³-hybridized carbons (Fsp3) is 0.500. The third-order valence-electron chi connectivity index (χ3n) is 0.804. The molecule has 2 nitrogen and oxygen atoms in total. The molecule has 0 saturated heterocycles. The number of ether oxygens (including phenoxy) is 1. The van der Waals surface area contributed by atoms with Crippen molar-refractivity contribution < 1.29 is 18.3 Å². The van der Waals surface area contributed by atoms with Crippen molar-refractivity contribution in [1.82, 2.24) is 0 Å². The van der Waals surface area contributed by atoms with Crippen LogP contribution in [-0.4, -0.2) is 17.9 Å². The highest BCUT2D eigenvalue weighted by Gasteiger charge is 2.21. The summed E-state index contributed by atoms with van der Waals surface area (Å²) in [5.74, 6) is -0.637. The molecule has 0 aliphatic rings. The fourth-order valence-corrected chi connectivity index (χ4v) is 0.544. The van der Waals surface area contributed by atoms with Gasteiger partial charge in [-0.2, -0.15) is 8.78 Å². The van der Waals surface area contributed by atoms with Gasteiger partial charge < -0.3 is 4.74 Å². The van der Waals surface area contributed by atoms with E-state index in [4.69, 9.17) is 0 Å². The Morgan fingerprint density at radius 1 is 1.73 bits per heavy atom. The highest BCUT2D eigenvalue weighted by atomic mass is 79.9. The first-order chi connectivity index (χ1) is 4.95. The quantitative estimate of drug-likeness (QED) is 0.420. The molecule has 0 spiro atoms. The van der Waals surface area contributed by atoms with Crippen molar-refractivity contribution in [1.29, 1.82) is 0 Å². The molecule has 0 aromatic heterocycles. The third kappa shape index (κ3) is 7.45. The van der Waals surface area contributed by atoms with Gasteiger partial charge in [0, 0.05) is 12.5 Å². The van der Waals surface area contributed by atoms with Crippen molar-refractivity contribution in [3.8, 4) is 0 Å². The molecule has 0 aromatic carbocycles. The summed E-state index contributed by atoms with van der Waals surface area (Å²) in [6.45, 7) is 0. The molecular weight excluding hydrogens is 222 g/mol. The van der Waals surface area contributed by atoms with Crippen molar-refractivity contribution in [3.63, 3.8) is 0 Å². The first-order valence-electron chi connectivity index (χ1n) is 2.77. The van der Waals surface area contributed by atoms with Crippen LogP contribution in [0.2, 0.25) is 0 Å². The van der Waals surface area contributed by atoms with Crippen LogP contribution in [0.1, 0.15) is 6.42 Å². The number of methoxy groups -OCH3 is 1. The largest absolute Gasteiger partial charge is 0.466 e. The predicted molar refractivity (Wildman–Crippen MR) is 39.6 cm³/mol. The Kier molecular flexibility index (Phi) is 4.25. The van der Waals surface area contributed by atoms with Gasteiger partial charge in [0.25, 0.3) is 0 Å². The Morgan fingerprint density at radius 3 is 2.64 bits per heavy atom. The van der Waals surface area contributed by atoms with Crippen molar-refractivity contribution in [2.45, 2.75) is 11.3 Å². The SMILES string of the molecule is COC(=O)/C=C/CC(F)(F)Br. The zero-order valence-corrected chi connectivity index (χ0v) is 7.40. The van der Waals surface area contributed by atoms with Crippen LogP contribution in [0.4, 0.5) is 8.78 Å². The number of carbonyl (C=O) groups is 1. The summed E-state index contributed by atoms with van der Waals surface area (Å²) < 4.78 is 28.2. The number of alkyl halides is 3. The van der Waals surface area contributed by atoms with E-state index in [0.29, 0.717) is 0 Å². The first kappa shape index (κ1) is 10.6. The first-order valence-corrected chi connectivity index (χ1v) is 3.56. The average Bonchev–Trinajstić information content (AvgIpc) is 1.85. The Balaban J connectivity index is 3.70. The molecule has 0 saturated carbocycles. The summed E-state index contributed by atoms with van der Waals surface area (Å²) in [7, 11) is 1.18. The minimum Gasteiger partial charge on any atom is -0.466 e. The molecule has 0 aliphatic carbocycles. The Bertz CT molecular complexity index is 162. The number of hydrogen-bond acceptors (Lipinski definition) is 2. The van der Waals surface area contributed by atoms with Gasteiger partial charge in [-0.15, -0.1) is 0 Å². The molecule has 64 valence electrons. The Morgan fingerprint density at radius 2 is 2.27 bits per heavy atom. The third-order valence-corrected chi connectivity index (χ3v) is 1.13. The van der Waals surface area contributed by atoms with Gasteiger partial charge in [-0.1, -0.05) is 6.08 Å². The van der Waals surface area contributed by atoms with Crippen LogP contribution < -0.4 is 0 Å². The van der Waals surface area contributed by atoms with Crippen LogP contribution in [0.3, 0.4) is 0 Å². The van der Waals surface area contributed by atoms with E-state index in [2.05, 4.69) is 20.7 Å². The normalized spacial score (nSPS) is 12.0. The smallest absolute Gasteiger partial charge is 0.330 e. The molecule has 0 aromatic rings. The van der Waals surface area contributed by atoms with Gasteiger partial charge in [0.05, 0.1) is 7.11 Å². The van der Waals surface area contributed by atoms with Gasteiger partial charge in [0.1, 0.15) is 0 Å². The minimum atomic E-state index is -2.95. The molecule has 0 radical (unpaired) electrons. The van der Waals surface area contributed by atoms with Gasteiger partial charge in [-0.3, -0.25) is 0 Å². The summed E-state index contributed by atoms with van der Waals surface area (Å²) in [5.41, 5.74) is 0. The Labute approximate surface area is 71.3 Å². The number of allylic oxidation sites excluding steroid dienone is 1. The molecule has 0 N–H and O–H groups in total. The second-order valence-electron chi connectivity index (χ2n) is 1.74. The highest BCUT2D eigenvalue weighted by Crippen LogP contribution is 2.25. The second kappa shape index (κ2) is 4.43. The summed E-state index contributed by atoms with van der Waals surface area (Å²) in [4.78, 5) is 7.38. The van der Waals surface area contributed by atoms with Crippen LogP contribution in [-0.2, 0) is 9.53 Å². The second-order valence-corrected chi connectivity index (χ2v) is 2.91. The Hall–Kier alpha value is -0.450. The molecule has 0 fully saturated rings. The van der Waals surface area contributed by atoms with Crippen molar-refractivity contribution in [2.75, 3.05) is 7.11 Å². The van der Waals surface area contributed by atoms with Crippen LogP contribution in [0.15, 0.2) is 12.2 Å². The molecule has 0 rings (SSSR count). The van der Waals surface area contributed by atoms with E-state index in [1.54, 1.807) is 0 Å². The fourth-order valence-electron chi connectivity index (χ4n) is 0.357. The number of esters is 1. The summed E-state index contributed by atoms with van der Waals surface area (Å²) in [5, 5.41) is 0. The maximum atomic E-state index is 12.0. The maximum absolute atomic E-state index is 12.0.